The van der Waals surface area contributed by atoms with Gasteiger partial charge in [-0.25, -0.2) is 0 Å². The first-order chi connectivity index (χ1) is 9.61. The van der Waals surface area contributed by atoms with Gasteiger partial charge in [-0.2, -0.15) is 0 Å². The molecule has 0 aliphatic carbocycles. The quantitative estimate of drug-likeness (QED) is 0.809. The summed E-state index contributed by atoms with van der Waals surface area (Å²) in [6.45, 7) is 5.67. The van der Waals surface area contributed by atoms with E-state index >= 15 is 0 Å². The van der Waals surface area contributed by atoms with Gasteiger partial charge in [0.25, 0.3) is 5.91 Å². The molecule has 0 spiro atoms. The van der Waals surface area contributed by atoms with E-state index in [1.165, 1.54) is 0 Å². The van der Waals surface area contributed by atoms with Gasteiger partial charge < -0.3 is 5.32 Å². The fourth-order valence-electron chi connectivity index (χ4n) is 1.92. The molecule has 0 aliphatic heterocycles. The van der Waals surface area contributed by atoms with Crippen LogP contribution in [0, 0.1) is 6.92 Å². The Hall–Kier alpha value is -2.35. The summed E-state index contributed by atoms with van der Waals surface area (Å²) in [5, 5.41) is 2.96. The molecule has 20 heavy (non-hydrogen) atoms. The van der Waals surface area contributed by atoms with Crippen molar-refractivity contribution in [2.45, 2.75) is 20.8 Å². The Morgan fingerprint density at radius 1 is 1.05 bits per heavy atom. The molecule has 2 heteroatoms. The Labute approximate surface area is 120 Å². The molecule has 0 fully saturated rings. The van der Waals surface area contributed by atoms with Crippen LogP contribution in [0.25, 0.3) is 11.1 Å². The van der Waals surface area contributed by atoms with Crippen molar-refractivity contribution in [3.05, 3.63) is 65.7 Å². The van der Waals surface area contributed by atoms with Crippen molar-refractivity contribution in [2.75, 3.05) is 5.32 Å². The second-order valence-electron chi connectivity index (χ2n) is 4.82. The van der Waals surface area contributed by atoms with Crippen molar-refractivity contribution in [1.82, 2.24) is 0 Å². The average molecular weight is 265 g/mol. The number of anilines is 1. The molecule has 0 saturated heterocycles. The molecule has 2 nitrogen and oxygen atoms in total. The third-order valence-electron chi connectivity index (χ3n) is 3.38. The van der Waals surface area contributed by atoms with Crippen LogP contribution in [-0.4, -0.2) is 5.91 Å². The van der Waals surface area contributed by atoms with Gasteiger partial charge in [0.05, 0.1) is 0 Å². The summed E-state index contributed by atoms with van der Waals surface area (Å²) in [6.07, 6.45) is 1.81. The Balaban J connectivity index is 2.33. The number of carbonyl (C=O) groups is 1. The highest BCUT2D eigenvalue weighted by atomic mass is 16.1. The smallest absolute Gasteiger partial charge is 0.250 e. The minimum Gasteiger partial charge on any atom is -0.322 e. The van der Waals surface area contributed by atoms with Gasteiger partial charge in [-0.1, -0.05) is 48.5 Å². The van der Waals surface area contributed by atoms with Gasteiger partial charge >= 0.3 is 0 Å². The fraction of sp³-hybridized carbons (Fsp3) is 0.167. The Kier molecular flexibility index (Phi) is 4.36. The van der Waals surface area contributed by atoms with Crippen LogP contribution in [0.1, 0.15) is 19.4 Å². The summed E-state index contributed by atoms with van der Waals surface area (Å²) in [7, 11) is 0. The highest BCUT2D eigenvalue weighted by molar-refractivity contribution is 6.03. The van der Waals surface area contributed by atoms with E-state index in [1.807, 2.05) is 57.2 Å². The molecular weight excluding hydrogens is 246 g/mol. The molecule has 102 valence electrons. The minimum atomic E-state index is -0.0548. The minimum absolute atomic E-state index is 0.0548. The third kappa shape index (κ3) is 3.15. The predicted molar refractivity (Wildman–Crippen MR) is 84.7 cm³/mol. The predicted octanol–water partition coefficient (Wildman–Crippen LogP) is 4.57. The zero-order valence-corrected chi connectivity index (χ0v) is 12.1. The molecule has 0 unspecified atom stereocenters. The van der Waals surface area contributed by atoms with Crippen LogP contribution < -0.4 is 5.32 Å². The lowest BCUT2D eigenvalue weighted by molar-refractivity contribution is -0.112. The molecule has 0 atom stereocenters. The third-order valence-corrected chi connectivity index (χ3v) is 3.38. The van der Waals surface area contributed by atoms with Crippen LogP contribution >= 0.6 is 0 Å². The van der Waals surface area contributed by atoms with Crippen LogP contribution in [0.5, 0.6) is 0 Å². The van der Waals surface area contributed by atoms with Gasteiger partial charge in [0.15, 0.2) is 0 Å². The molecule has 2 aromatic rings. The Morgan fingerprint density at radius 3 is 2.40 bits per heavy atom. The lowest BCUT2D eigenvalue weighted by Gasteiger charge is -2.11. The van der Waals surface area contributed by atoms with Gasteiger partial charge in [0.1, 0.15) is 0 Å². The lowest BCUT2D eigenvalue weighted by Crippen LogP contribution is -2.13. The number of aryl methyl sites for hydroxylation is 1. The number of allylic oxidation sites excluding steroid dienone is 1. The first-order valence-electron chi connectivity index (χ1n) is 6.72. The van der Waals surface area contributed by atoms with Gasteiger partial charge in [-0.15, -0.1) is 0 Å². The standard InChI is InChI=1S/C18H19NO/c1-4-13(2)18(20)19-17-12-16(11-10-14(17)3)15-8-6-5-7-9-15/h4-12H,1-3H3,(H,19,20)/b13-4+. The van der Waals surface area contributed by atoms with Crippen LogP contribution in [0.4, 0.5) is 5.69 Å². The molecule has 0 heterocycles. The average Bonchev–Trinajstić information content (AvgIpc) is 2.49. The maximum atomic E-state index is 12.0. The van der Waals surface area contributed by atoms with Gasteiger partial charge in [0.2, 0.25) is 0 Å². The zero-order chi connectivity index (χ0) is 14.5. The summed E-state index contributed by atoms with van der Waals surface area (Å²) in [5.74, 6) is -0.0548. The second kappa shape index (κ2) is 6.20. The van der Waals surface area contributed by atoms with E-state index in [0.29, 0.717) is 0 Å². The van der Waals surface area contributed by atoms with E-state index < -0.39 is 0 Å². The van der Waals surface area contributed by atoms with Gasteiger partial charge in [-0.3, -0.25) is 4.79 Å². The van der Waals surface area contributed by atoms with Gasteiger partial charge in [0, 0.05) is 11.3 Å². The SMILES string of the molecule is C/C=C(\C)C(=O)Nc1cc(-c2ccccc2)ccc1C. The molecule has 0 bridgehead atoms. The van der Waals surface area contributed by atoms with Crippen LogP contribution in [0.2, 0.25) is 0 Å². The highest BCUT2D eigenvalue weighted by Crippen LogP contribution is 2.25. The molecule has 1 N–H and O–H groups in total. The number of amides is 1. The number of nitrogens with one attached hydrogen (secondary N) is 1. The maximum absolute atomic E-state index is 12.0. The molecule has 0 aromatic heterocycles. The van der Waals surface area contributed by atoms with Crippen molar-refractivity contribution >= 4 is 11.6 Å². The second-order valence-corrected chi connectivity index (χ2v) is 4.82. The first-order valence-corrected chi connectivity index (χ1v) is 6.72. The zero-order valence-electron chi connectivity index (χ0n) is 12.1. The Bertz CT molecular complexity index is 642. The molecular formula is C18H19NO. The highest BCUT2D eigenvalue weighted by Gasteiger charge is 2.07. The summed E-state index contributed by atoms with van der Waals surface area (Å²) in [6, 6.07) is 16.3. The normalized spacial score (nSPS) is 11.2. The van der Waals surface area contributed by atoms with E-state index in [0.717, 1.165) is 28.0 Å². The molecule has 1 amide bonds. The monoisotopic (exact) mass is 265 g/mol. The summed E-state index contributed by atoms with van der Waals surface area (Å²) < 4.78 is 0. The number of rotatable bonds is 3. The first kappa shape index (κ1) is 14.1. The van der Waals surface area contributed by atoms with E-state index in [2.05, 4.69) is 23.5 Å². The van der Waals surface area contributed by atoms with E-state index in [9.17, 15) is 4.79 Å². The van der Waals surface area contributed by atoms with E-state index in [-0.39, 0.29) is 5.91 Å². The molecule has 0 radical (unpaired) electrons. The summed E-state index contributed by atoms with van der Waals surface area (Å²) >= 11 is 0. The fourth-order valence-corrected chi connectivity index (χ4v) is 1.92. The van der Waals surface area contributed by atoms with E-state index in [4.69, 9.17) is 0 Å². The lowest BCUT2D eigenvalue weighted by atomic mass is 10.0. The molecule has 2 rings (SSSR count). The van der Waals surface area contributed by atoms with Crippen LogP contribution in [0.3, 0.4) is 0 Å². The maximum Gasteiger partial charge on any atom is 0.250 e. The van der Waals surface area contributed by atoms with Crippen molar-refractivity contribution in [1.29, 1.82) is 0 Å². The van der Waals surface area contributed by atoms with Crippen molar-refractivity contribution in [2.24, 2.45) is 0 Å². The van der Waals surface area contributed by atoms with Crippen LogP contribution in [-0.2, 0) is 4.79 Å². The Morgan fingerprint density at radius 2 is 1.75 bits per heavy atom. The topological polar surface area (TPSA) is 29.1 Å². The van der Waals surface area contributed by atoms with Crippen LogP contribution in [0.15, 0.2) is 60.2 Å². The molecule has 0 aliphatic rings. The number of benzene rings is 2. The number of carbonyl (C=O) groups excluding carboxylic acids is 1. The van der Waals surface area contributed by atoms with Crippen molar-refractivity contribution < 1.29 is 4.79 Å². The van der Waals surface area contributed by atoms with Gasteiger partial charge in [-0.05, 0) is 43.5 Å². The molecule has 0 saturated carbocycles. The van der Waals surface area contributed by atoms with E-state index in [1.54, 1.807) is 0 Å². The number of hydrogen-bond acceptors (Lipinski definition) is 1. The molecule has 2 aromatic carbocycles. The van der Waals surface area contributed by atoms with Crippen molar-refractivity contribution in [3.8, 4) is 11.1 Å². The largest absolute Gasteiger partial charge is 0.322 e. The number of hydrogen-bond donors (Lipinski definition) is 1. The summed E-state index contributed by atoms with van der Waals surface area (Å²) in [5.41, 5.74) is 4.88. The van der Waals surface area contributed by atoms with Crippen molar-refractivity contribution in [3.63, 3.8) is 0 Å². The summed E-state index contributed by atoms with van der Waals surface area (Å²) in [4.78, 5) is 12.0.